The number of nitrogens with zero attached hydrogens (tertiary/aromatic N) is 11. The number of benzene rings is 3. The third-order valence-corrected chi connectivity index (χ3v) is 16.0. The molecule has 0 aliphatic carbocycles. The molecule has 5 aromatic rings. The van der Waals surface area contributed by atoms with Crippen LogP contribution in [0.1, 0.15) is 28.9 Å². The van der Waals surface area contributed by atoms with Crippen LogP contribution in [0.2, 0.25) is 0 Å². The molecule has 7 rings (SSSR count). The summed E-state index contributed by atoms with van der Waals surface area (Å²) in [5.41, 5.74) is 7.30. The molecule has 4 heterocycles. The van der Waals surface area contributed by atoms with E-state index in [1.54, 1.807) is 31.7 Å². The van der Waals surface area contributed by atoms with Gasteiger partial charge in [0.25, 0.3) is 11.5 Å². The number of fused-ring (bicyclic) bond motifs is 1. The molecule has 2 aliphatic heterocycles. The molecule has 39 heteroatoms. The van der Waals surface area contributed by atoms with Crippen molar-refractivity contribution in [3.05, 3.63) is 101 Å². The number of rotatable bonds is 29. The summed E-state index contributed by atoms with van der Waals surface area (Å²) in [6.45, 7) is -1.05. The van der Waals surface area contributed by atoms with E-state index >= 15 is 0 Å². The molecule has 548 valence electrons. The molecule has 0 bridgehead atoms. The summed E-state index contributed by atoms with van der Waals surface area (Å²) >= 11 is 0. The van der Waals surface area contributed by atoms with Crippen LogP contribution in [0, 0.1) is 79.9 Å². The van der Waals surface area contributed by atoms with Gasteiger partial charge in [-0.2, -0.15) is 4.98 Å². The summed E-state index contributed by atoms with van der Waals surface area (Å²) in [4.78, 5) is 178. The summed E-state index contributed by atoms with van der Waals surface area (Å²) in [6, 6.07) is 16.8. The Balaban J connectivity index is 0.00000936. The van der Waals surface area contributed by atoms with Crippen LogP contribution in [0.3, 0.4) is 0 Å². The van der Waals surface area contributed by atoms with Gasteiger partial charge >= 0.3 is 79.9 Å². The van der Waals surface area contributed by atoms with Crippen LogP contribution in [0.25, 0.3) is 11.2 Å². The average Bonchev–Trinajstić information content (AvgIpc) is 0.814. The number of aromatic amines is 1. The number of anilines is 6. The topological polar surface area (TPSA) is 522 Å². The van der Waals surface area contributed by atoms with E-state index in [2.05, 4.69) is 51.8 Å². The van der Waals surface area contributed by atoms with Crippen molar-refractivity contribution in [1.82, 2.24) is 64.5 Å². The molecule has 1 atom stereocenters. The second-order valence-electron chi connectivity index (χ2n) is 23.7. The van der Waals surface area contributed by atoms with E-state index in [1.807, 2.05) is 0 Å². The van der Waals surface area contributed by atoms with Gasteiger partial charge in [-0.05, 0) is 79.2 Å². The molecular weight excluding hydrogens is 1630 g/mol. The number of carbonyl (C=O) groups excluding carboxylic acids is 11. The molecule has 2 aliphatic rings. The maximum atomic E-state index is 14.2. The van der Waals surface area contributed by atoms with Gasteiger partial charge in [-0.3, -0.25) is 73.0 Å². The molecular formula is C63H77Gd2N19O18. The van der Waals surface area contributed by atoms with Crippen molar-refractivity contribution in [2.75, 3.05) is 189 Å². The Morgan fingerprint density at radius 2 is 0.745 bits per heavy atom. The Hall–Kier alpha value is -8.02. The normalized spacial score (nSPS) is 15.9. The zero-order chi connectivity index (χ0) is 72.3. The van der Waals surface area contributed by atoms with Gasteiger partial charge in [0, 0.05) is 184 Å². The Bertz CT molecular complexity index is 3690. The van der Waals surface area contributed by atoms with Crippen LogP contribution < -0.4 is 73.8 Å². The van der Waals surface area contributed by atoms with Crippen molar-refractivity contribution in [2.45, 2.75) is 25.4 Å². The van der Waals surface area contributed by atoms with Crippen molar-refractivity contribution in [2.24, 2.45) is 0 Å². The largest absolute Gasteiger partial charge is 3.00 e. The van der Waals surface area contributed by atoms with E-state index in [0.29, 0.717) is 28.4 Å². The molecule has 2 saturated heterocycles. The van der Waals surface area contributed by atoms with Crippen LogP contribution in [-0.2, 0) is 54.5 Å². The van der Waals surface area contributed by atoms with Gasteiger partial charge in [0.2, 0.25) is 29.6 Å². The number of amides is 5. The van der Waals surface area contributed by atoms with Crippen molar-refractivity contribution in [3.63, 3.8) is 0 Å². The molecule has 3 aromatic carbocycles. The van der Waals surface area contributed by atoms with E-state index in [1.165, 1.54) is 86.5 Å². The quantitative estimate of drug-likeness (QED) is 0.0220. The summed E-state index contributed by atoms with van der Waals surface area (Å²) in [6.07, 6.45) is 0.876. The van der Waals surface area contributed by atoms with E-state index in [4.69, 9.17) is 5.73 Å². The standard InChI is InChI=1S/C63H83N19O18.2Gd/c64-63-73-59-58(62(100)74-63)70-47(32-66-59)31-65-42-3-1-41(2-4-42)60(98)72-48(61(99)71-46-11-9-45(10-12-46)69-51(85)34-76-17-21-79(37-54(90)91)25-29-82(40-57(96)97)30-26-80(22-18-76)38-55(92)93)13-14-49(83)67-43-5-7-44(8-6-43)68-50(84)33-75-15-19-77(35-52(86)87)23-27-81(39-56(94)95)28-24-78(20-16-75)36-53(88)89;;/h1-12,32,48,65H,13-31,33-40H2,(H,67,83)(H,68,84)(H,69,85)(H,71,99)(H,72,98)(H,86,87)(H,88,89)(H,90,91)(H,92,93)(H,94,95)(H,96,97)(H3,64,66,73,74,100);;/q;2*+3/p-6. The van der Waals surface area contributed by atoms with E-state index in [0.717, 1.165) is 0 Å². The molecule has 5 amide bonds. The molecule has 102 heavy (non-hydrogen) atoms. The molecule has 37 nitrogen and oxygen atoms in total. The number of hydrogen-bond acceptors (Lipinski definition) is 31. The Kier molecular flexibility index (Phi) is 35.8. The average molecular weight is 1700 g/mol. The first-order chi connectivity index (χ1) is 47.7. The van der Waals surface area contributed by atoms with E-state index in [9.17, 15) is 88.2 Å². The summed E-state index contributed by atoms with van der Waals surface area (Å²) in [5.74, 6) is -11.3. The SMILES string of the molecule is Nc1nc2ncc(CNc3ccc(C(=O)NC(CCC(=O)Nc4ccc(NC(=O)CN5CCN(CC(=O)[O-])CCN(CC(=O)[O-])CCN(CC(=O)[O-])CC5)cc4)C(=O)Nc4ccc(NC(=O)CN5CCN(CC(=O)[O-])CCN(CC(=O)[O-])CCN(CC(=O)[O-])CC5)cc4)cc3)nc2c(=O)[nH]1.[Gd+3].[Gd+3]. The fourth-order valence-electron chi connectivity index (χ4n) is 10.8. The number of nitrogen functional groups attached to an aromatic ring is 1. The Labute approximate surface area is 648 Å². The van der Waals surface area contributed by atoms with Crippen molar-refractivity contribution in [3.8, 4) is 0 Å². The number of nitrogens with two attached hydrogens (primary N) is 1. The Morgan fingerprint density at radius 1 is 0.431 bits per heavy atom. The van der Waals surface area contributed by atoms with Crippen molar-refractivity contribution in [1.29, 1.82) is 0 Å². The summed E-state index contributed by atoms with van der Waals surface area (Å²) in [5, 5.41) is 86.3. The monoisotopic (exact) mass is 1700 g/mol. The minimum absolute atomic E-state index is 0. The van der Waals surface area contributed by atoms with Gasteiger partial charge in [0.15, 0.2) is 11.2 Å². The number of aliphatic carboxylic acids is 6. The molecule has 2 radical (unpaired) electrons. The predicted molar refractivity (Wildman–Crippen MR) is 346 cm³/mol. The van der Waals surface area contributed by atoms with Crippen LogP contribution in [0.4, 0.5) is 34.4 Å². The number of H-pyrrole nitrogens is 1. The molecule has 0 saturated carbocycles. The Morgan fingerprint density at radius 3 is 1.09 bits per heavy atom. The number of carboxylic acids is 6. The maximum Gasteiger partial charge on any atom is 3.00 e. The van der Waals surface area contributed by atoms with Crippen LogP contribution in [0.15, 0.2) is 83.8 Å². The zero-order valence-electron chi connectivity index (χ0n) is 55.2. The number of aromatic nitrogens is 4. The van der Waals surface area contributed by atoms with Crippen molar-refractivity contribution < 1.29 is 163 Å². The van der Waals surface area contributed by atoms with E-state index < -0.39 is 116 Å². The van der Waals surface area contributed by atoms with Gasteiger partial charge in [-0.1, -0.05) is 0 Å². The van der Waals surface area contributed by atoms with E-state index in [-0.39, 0.29) is 245 Å². The third-order valence-electron chi connectivity index (χ3n) is 16.0. The van der Waals surface area contributed by atoms with Gasteiger partial charge < -0.3 is 97.0 Å². The van der Waals surface area contributed by atoms with Gasteiger partial charge in [0.05, 0.1) is 67.3 Å². The third kappa shape index (κ3) is 30.9. The number of nitrogens with one attached hydrogen (secondary N) is 7. The maximum absolute atomic E-state index is 14.2. The summed E-state index contributed by atoms with van der Waals surface area (Å²) < 4.78 is 0. The molecule has 2 aromatic heterocycles. The zero-order valence-corrected chi connectivity index (χ0v) is 59.8. The second kappa shape index (κ2) is 43.2. The fraction of sp³-hybridized carbons (Fsp3) is 0.444. The number of hydrogen-bond donors (Lipinski definition) is 8. The van der Waals surface area contributed by atoms with Crippen molar-refractivity contribution >= 4 is 111 Å². The molecule has 1 unspecified atom stereocenters. The van der Waals surface area contributed by atoms with Crippen LogP contribution in [0.5, 0.6) is 0 Å². The molecule has 9 N–H and O–H groups in total. The first-order valence-corrected chi connectivity index (χ1v) is 31.8. The smallest absolute Gasteiger partial charge is 0.549 e. The summed E-state index contributed by atoms with van der Waals surface area (Å²) in [7, 11) is 0. The first kappa shape index (κ1) is 84.6. The number of carbonyl (C=O) groups is 11. The van der Waals surface area contributed by atoms with Gasteiger partial charge in [0.1, 0.15) is 6.04 Å². The van der Waals surface area contributed by atoms with Gasteiger partial charge in [-0.25, -0.2) is 9.97 Å². The van der Waals surface area contributed by atoms with Crippen LogP contribution in [-0.4, -0.2) is 288 Å². The predicted octanol–water partition coefficient (Wildman–Crippen LogP) is -10.1. The fourth-order valence-corrected chi connectivity index (χ4v) is 10.8. The number of carboxylic acid groups (broad SMARTS) is 6. The minimum Gasteiger partial charge on any atom is -0.549 e. The van der Waals surface area contributed by atoms with Crippen LogP contribution >= 0.6 is 0 Å². The van der Waals surface area contributed by atoms with Gasteiger partial charge in [-0.15, -0.1) is 0 Å². The minimum atomic E-state index is -1.37. The first-order valence-electron chi connectivity index (χ1n) is 31.8. The molecule has 2 fully saturated rings. The molecule has 0 spiro atoms. The second-order valence-corrected chi connectivity index (χ2v) is 23.7.